The number of carbonyl (C=O) groups is 1. The molecule has 1 amide bonds. The minimum absolute atomic E-state index is 0.0797. The fourth-order valence-electron chi connectivity index (χ4n) is 1.44. The Morgan fingerprint density at radius 1 is 1.35 bits per heavy atom. The molecule has 0 bridgehead atoms. The molecule has 0 saturated heterocycles. The Kier molecular flexibility index (Phi) is 6.67. The summed E-state index contributed by atoms with van der Waals surface area (Å²) in [5, 5.41) is 3.57. The van der Waals surface area contributed by atoms with Gasteiger partial charge in [0.25, 0.3) is 0 Å². The van der Waals surface area contributed by atoms with Crippen LogP contribution < -0.4 is 5.32 Å². The van der Waals surface area contributed by atoms with Crippen LogP contribution in [0.25, 0.3) is 0 Å². The Balaban J connectivity index is 2.17. The normalized spacial score (nSPS) is 10.2. The molecule has 4 heteroatoms. The average molecular weight is 256 g/mol. The van der Waals surface area contributed by atoms with Gasteiger partial charge in [-0.25, -0.2) is 0 Å². The number of halogens is 1. The summed E-state index contributed by atoms with van der Waals surface area (Å²) in [5.41, 5.74) is 1.13. The van der Waals surface area contributed by atoms with Gasteiger partial charge >= 0.3 is 0 Å². The van der Waals surface area contributed by atoms with Gasteiger partial charge in [-0.3, -0.25) is 4.79 Å². The lowest BCUT2D eigenvalue weighted by molar-refractivity contribution is -0.121. The first-order valence-electron chi connectivity index (χ1n) is 5.72. The van der Waals surface area contributed by atoms with Crippen molar-refractivity contribution in [3.8, 4) is 0 Å². The van der Waals surface area contributed by atoms with Crippen LogP contribution in [-0.2, 0) is 16.0 Å². The molecule has 0 spiro atoms. The lowest BCUT2D eigenvalue weighted by Gasteiger charge is -2.05. The van der Waals surface area contributed by atoms with E-state index in [1.54, 1.807) is 7.11 Å². The van der Waals surface area contributed by atoms with Crippen LogP contribution in [0.5, 0.6) is 0 Å². The number of ether oxygens (including phenoxy) is 1. The van der Waals surface area contributed by atoms with E-state index in [0.29, 0.717) is 19.6 Å². The summed E-state index contributed by atoms with van der Waals surface area (Å²) in [6.07, 6.45) is 2.10. The summed E-state index contributed by atoms with van der Waals surface area (Å²) >= 11 is 5.78. The first kappa shape index (κ1) is 14.0. The van der Waals surface area contributed by atoms with E-state index in [2.05, 4.69) is 5.32 Å². The highest BCUT2D eigenvalue weighted by Crippen LogP contribution is 2.10. The summed E-state index contributed by atoms with van der Waals surface area (Å²) in [4.78, 5) is 11.5. The predicted molar refractivity (Wildman–Crippen MR) is 69.3 cm³/mol. The minimum atomic E-state index is 0.0797. The molecule has 0 unspecified atom stereocenters. The van der Waals surface area contributed by atoms with E-state index in [-0.39, 0.29) is 5.91 Å². The predicted octanol–water partition coefficient (Wildman–Crippen LogP) is 2.43. The maximum absolute atomic E-state index is 11.5. The number of aryl methyl sites for hydroxylation is 1. The zero-order valence-corrected chi connectivity index (χ0v) is 10.8. The fraction of sp³-hybridized carbons (Fsp3) is 0.462. The summed E-state index contributed by atoms with van der Waals surface area (Å²) in [6.45, 7) is 1.35. The van der Waals surface area contributed by atoms with Gasteiger partial charge in [0.15, 0.2) is 0 Å². The van der Waals surface area contributed by atoms with Crippen molar-refractivity contribution < 1.29 is 9.53 Å². The molecule has 0 aliphatic heterocycles. The summed E-state index contributed by atoms with van der Waals surface area (Å²) in [6, 6.07) is 7.57. The first-order valence-corrected chi connectivity index (χ1v) is 6.10. The van der Waals surface area contributed by atoms with Crippen molar-refractivity contribution in [1.29, 1.82) is 0 Å². The second-order valence-electron chi connectivity index (χ2n) is 3.82. The smallest absolute Gasteiger partial charge is 0.220 e. The van der Waals surface area contributed by atoms with Gasteiger partial charge in [0, 0.05) is 31.7 Å². The third-order valence-corrected chi connectivity index (χ3v) is 2.65. The Labute approximate surface area is 107 Å². The van der Waals surface area contributed by atoms with Crippen LogP contribution in [0.1, 0.15) is 18.4 Å². The zero-order valence-electron chi connectivity index (χ0n) is 10.0. The maximum Gasteiger partial charge on any atom is 0.220 e. The van der Waals surface area contributed by atoms with E-state index in [9.17, 15) is 4.79 Å². The zero-order chi connectivity index (χ0) is 12.5. The average Bonchev–Trinajstić information content (AvgIpc) is 2.34. The second kappa shape index (κ2) is 8.09. The molecular formula is C13H18ClNO2. The monoisotopic (exact) mass is 255 g/mol. The van der Waals surface area contributed by atoms with E-state index in [0.717, 1.165) is 23.4 Å². The van der Waals surface area contributed by atoms with Crippen molar-refractivity contribution >= 4 is 17.5 Å². The minimum Gasteiger partial charge on any atom is -0.385 e. The van der Waals surface area contributed by atoms with E-state index < -0.39 is 0 Å². The van der Waals surface area contributed by atoms with Gasteiger partial charge in [0.1, 0.15) is 0 Å². The van der Waals surface area contributed by atoms with Gasteiger partial charge in [0.05, 0.1) is 0 Å². The van der Waals surface area contributed by atoms with Crippen LogP contribution in [0.3, 0.4) is 0 Å². The molecule has 0 radical (unpaired) electrons. The highest BCUT2D eigenvalue weighted by atomic mass is 35.5. The van der Waals surface area contributed by atoms with Crippen molar-refractivity contribution in [2.75, 3.05) is 20.3 Å². The van der Waals surface area contributed by atoms with Crippen LogP contribution in [0.4, 0.5) is 0 Å². The van der Waals surface area contributed by atoms with E-state index >= 15 is 0 Å². The molecule has 1 N–H and O–H groups in total. The first-order chi connectivity index (χ1) is 8.22. The molecule has 0 heterocycles. The summed E-state index contributed by atoms with van der Waals surface area (Å²) in [7, 11) is 1.66. The van der Waals surface area contributed by atoms with Gasteiger partial charge in [-0.05, 0) is 30.5 Å². The number of hydrogen-bond acceptors (Lipinski definition) is 2. The molecule has 1 aromatic rings. The summed E-state index contributed by atoms with van der Waals surface area (Å²) < 4.78 is 4.90. The summed E-state index contributed by atoms with van der Waals surface area (Å²) in [5.74, 6) is 0.0797. The molecule has 0 saturated carbocycles. The molecule has 0 aliphatic rings. The van der Waals surface area contributed by atoms with E-state index in [1.807, 2.05) is 24.3 Å². The van der Waals surface area contributed by atoms with Crippen molar-refractivity contribution in [2.24, 2.45) is 0 Å². The highest BCUT2D eigenvalue weighted by molar-refractivity contribution is 6.30. The molecule has 17 heavy (non-hydrogen) atoms. The number of nitrogens with one attached hydrogen (secondary N) is 1. The van der Waals surface area contributed by atoms with Crippen LogP contribution in [0, 0.1) is 0 Å². The lowest BCUT2D eigenvalue weighted by atomic mass is 10.1. The number of rotatable bonds is 7. The van der Waals surface area contributed by atoms with E-state index in [4.69, 9.17) is 16.3 Å². The topological polar surface area (TPSA) is 38.3 Å². The number of amides is 1. The van der Waals surface area contributed by atoms with Crippen LogP contribution >= 0.6 is 11.6 Å². The molecule has 0 aliphatic carbocycles. The molecule has 94 valence electrons. The standard InChI is InChI=1S/C13H18ClNO2/c1-17-10-2-9-15-13(16)8-5-11-3-6-12(14)7-4-11/h3-4,6-7H,2,5,8-10H2,1H3,(H,15,16). The third kappa shape index (κ3) is 6.29. The van der Waals surface area contributed by atoms with Gasteiger partial charge in [-0.2, -0.15) is 0 Å². The Morgan fingerprint density at radius 3 is 2.71 bits per heavy atom. The number of methoxy groups -OCH3 is 1. The van der Waals surface area contributed by atoms with Crippen molar-refractivity contribution in [3.63, 3.8) is 0 Å². The molecule has 1 rings (SSSR count). The quantitative estimate of drug-likeness (QED) is 0.760. The molecule has 0 atom stereocenters. The molecule has 0 fully saturated rings. The second-order valence-corrected chi connectivity index (χ2v) is 4.26. The van der Waals surface area contributed by atoms with Crippen LogP contribution in [0.2, 0.25) is 5.02 Å². The highest BCUT2D eigenvalue weighted by Gasteiger charge is 2.01. The Morgan fingerprint density at radius 2 is 2.06 bits per heavy atom. The Bertz CT molecular complexity index is 338. The molecule has 1 aromatic carbocycles. The van der Waals surface area contributed by atoms with Crippen LogP contribution in [-0.4, -0.2) is 26.2 Å². The van der Waals surface area contributed by atoms with E-state index in [1.165, 1.54) is 0 Å². The fourth-order valence-corrected chi connectivity index (χ4v) is 1.57. The maximum atomic E-state index is 11.5. The van der Waals surface area contributed by atoms with Crippen LogP contribution in [0.15, 0.2) is 24.3 Å². The lowest BCUT2D eigenvalue weighted by Crippen LogP contribution is -2.25. The van der Waals surface area contributed by atoms with Gasteiger partial charge in [-0.15, -0.1) is 0 Å². The number of carbonyl (C=O) groups excluding carboxylic acids is 1. The number of hydrogen-bond donors (Lipinski definition) is 1. The molecule has 3 nitrogen and oxygen atoms in total. The Hall–Kier alpha value is -1.06. The van der Waals surface area contributed by atoms with Crippen molar-refractivity contribution in [2.45, 2.75) is 19.3 Å². The van der Waals surface area contributed by atoms with Gasteiger partial charge in [-0.1, -0.05) is 23.7 Å². The largest absolute Gasteiger partial charge is 0.385 e. The van der Waals surface area contributed by atoms with Gasteiger partial charge in [0.2, 0.25) is 5.91 Å². The molecule has 0 aromatic heterocycles. The SMILES string of the molecule is COCCCNC(=O)CCc1ccc(Cl)cc1. The molecular weight excluding hydrogens is 238 g/mol. The third-order valence-electron chi connectivity index (χ3n) is 2.40. The number of benzene rings is 1. The van der Waals surface area contributed by atoms with Crippen molar-refractivity contribution in [1.82, 2.24) is 5.32 Å². The van der Waals surface area contributed by atoms with Gasteiger partial charge < -0.3 is 10.1 Å². The van der Waals surface area contributed by atoms with Crippen molar-refractivity contribution in [3.05, 3.63) is 34.9 Å².